The van der Waals surface area contributed by atoms with Gasteiger partial charge in [-0.05, 0) is 17.6 Å². The van der Waals surface area contributed by atoms with Crippen LogP contribution in [-0.4, -0.2) is 43.5 Å². The lowest BCUT2D eigenvalue weighted by Crippen LogP contribution is -2.30. The second-order valence-electron chi connectivity index (χ2n) is 3.16. The molecule has 0 aromatic carbocycles. The van der Waals surface area contributed by atoms with Gasteiger partial charge in [-0.3, -0.25) is 4.79 Å². The molecule has 9 heteroatoms. The first kappa shape index (κ1) is 11.2. The molecule has 17 heavy (non-hydrogen) atoms. The van der Waals surface area contributed by atoms with Gasteiger partial charge >= 0.3 is 7.12 Å². The third kappa shape index (κ3) is 2.65. The maximum atomic E-state index is 11.6. The van der Waals surface area contributed by atoms with Gasteiger partial charge in [-0.25, -0.2) is 4.98 Å². The van der Waals surface area contributed by atoms with Crippen LogP contribution in [-0.2, 0) is 0 Å². The minimum atomic E-state index is -1.61. The van der Waals surface area contributed by atoms with E-state index < -0.39 is 13.0 Å². The molecular weight excluding hydrogens is 225 g/mol. The van der Waals surface area contributed by atoms with Gasteiger partial charge in [-0.1, -0.05) is 0 Å². The van der Waals surface area contributed by atoms with Gasteiger partial charge in [0.1, 0.15) is 5.82 Å². The number of carbonyl (C=O) groups is 1. The topological polar surface area (TPSA) is 124 Å². The summed E-state index contributed by atoms with van der Waals surface area (Å²) in [6.07, 6.45) is 2.62. The number of aromatic nitrogens is 4. The van der Waals surface area contributed by atoms with E-state index in [9.17, 15) is 4.79 Å². The van der Waals surface area contributed by atoms with Crippen LogP contribution in [0.2, 0.25) is 0 Å². The van der Waals surface area contributed by atoms with E-state index in [0.29, 0.717) is 0 Å². The van der Waals surface area contributed by atoms with Crippen LogP contribution in [0, 0.1) is 0 Å². The SMILES string of the molecule is O=C(Nc1cc(B(O)O)ccn1)c1cn[nH]n1. The molecule has 2 aromatic rings. The van der Waals surface area contributed by atoms with Crippen LogP contribution in [0.15, 0.2) is 24.5 Å². The molecule has 0 aliphatic heterocycles. The second-order valence-corrected chi connectivity index (χ2v) is 3.16. The lowest BCUT2D eigenvalue weighted by atomic mass is 9.81. The van der Waals surface area contributed by atoms with Crippen LogP contribution in [0.25, 0.3) is 0 Å². The lowest BCUT2D eigenvalue weighted by molar-refractivity contribution is 0.102. The average molecular weight is 233 g/mol. The monoisotopic (exact) mass is 233 g/mol. The van der Waals surface area contributed by atoms with Crippen molar-refractivity contribution >= 4 is 24.3 Å². The van der Waals surface area contributed by atoms with Crippen molar-refractivity contribution in [1.82, 2.24) is 20.4 Å². The van der Waals surface area contributed by atoms with Gasteiger partial charge in [0.2, 0.25) is 0 Å². The summed E-state index contributed by atoms with van der Waals surface area (Å²) in [5.74, 6) is -0.292. The maximum Gasteiger partial charge on any atom is 0.488 e. The van der Waals surface area contributed by atoms with Crippen molar-refractivity contribution in [2.24, 2.45) is 0 Å². The van der Waals surface area contributed by atoms with E-state index in [1.807, 2.05) is 0 Å². The summed E-state index contributed by atoms with van der Waals surface area (Å²) < 4.78 is 0. The van der Waals surface area contributed by atoms with E-state index in [1.54, 1.807) is 0 Å². The number of amides is 1. The molecular formula is C8H8BN5O3. The molecule has 2 heterocycles. The number of anilines is 1. The molecule has 0 spiro atoms. The zero-order valence-electron chi connectivity index (χ0n) is 8.53. The van der Waals surface area contributed by atoms with Crippen molar-refractivity contribution in [2.45, 2.75) is 0 Å². The fraction of sp³-hybridized carbons (Fsp3) is 0. The van der Waals surface area contributed by atoms with Gasteiger partial charge in [0.05, 0.1) is 6.20 Å². The van der Waals surface area contributed by atoms with Crippen LogP contribution in [0.3, 0.4) is 0 Å². The molecule has 0 bridgehead atoms. The number of pyridine rings is 1. The van der Waals surface area contributed by atoms with E-state index in [0.717, 1.165) is 0 Å². The number of aromatic amines is 1. The summed E-state index contributed by atoms with van der Waals surface area (Å²) in [7, 11) is -1.61. The molecule has 2 aromatic heterocycles. The Balaban J connectivity index is 2.14. The van der Waals surface area contributed by atoms with Crippen molar-refractivity contribution in [1.29, 1.82) is 0 Å². The average Bonchev–Trinajstić information content (AvgIpc) is 2.82. The van der Waals surface area contributed by atoms with Crippen LogP contribution < -0.4 is 10.8 Å². The Morgan fingerprint density at radius 2 is 2.29 bits per heavy atom. The minimum Gasteiger partial charge on any atom is -0.423 e. The van der Waals surface area contributed by atoms with E-state index in [1.165, 1.54) is 24.5 Å². The van der Waals surface area contributed by atoms with Gasteiger partial charge in [-0.2, -0.15) is 15.4 Å². The zero-order valence-corrected chi connectivity index (χ0v) is 8.53. The first-order valence-electron chi connectivity index (χ1n) is 4.66. The van der Waals surface area contributed by atoms with Crippen LogP contribution >= 0.6 is 0 Å². The van der Waals surface area contributed by atoms with E-state index in [4.69, 9.17) is 10.0 Å². The van der Waals surface area contributed by atoms with Crippen molar-refractivity contribution < 1.29 is 14.8 Å². The van der Waals surface area contributed by atoms with E-state index in [2.05, 4.69) is 25.7 Å². The zero-order chi connectivity index (χ0) is 12.3. The molecule has 0 aliphatic carbocycles. The predicted octanol–water partition coefficient (Wildman–Crippen LogP) is -1.87. The number of hydrogen-bond acceptors (Lipinski definition) is 6. The molecule has 4 N–H and O–H groups in total. The van der Waals surface area contributed by atoms with Crippen LogP contribution in [0.1, 0.15) is 10.5 Å². The van der Waals surface area contributed by atoms with Gasteiger partial charge in [0.15, 0.2) is 5.69 Å². The molecule has 2 rings (SSSR count). The number of hydrogen-bond donors (Lipinski definition) is 4. The Labute approximate surface area is 95.9 Å². The number of H-pyrrole nitrogens is 1. The Kier molecular flexibility index (Phi) is 3.12. The molecule has 0 radical (unpaired) electrons. The Morgan fingerprint density at radius 1 is 1.47 bits per heavy atom. The predicted molar refractivity (Wildman–Crippen MR) is 58.4 cm³/mol. The first-order valence-corrected chi connectivity index (χ1v) is 4.66. The Hall–Kier alpha value is -2.26. The smallest absolute Gasteiger partial charge is 0.423 e. The fourth-order valence-corrected chi connectivity index (χ4v) is 1.17. The quantitative estimate of drug-likeness (QED) is 0.460. The highest BCUT2D eigenvalue weighted by Gasteiger charge is 2.14. The van der Waals surface area contributed by atoms with Crippen molar-refractivity contribution in [2.75, 3.05) is 5.32 Å². The second kappa shape index (κ2) is 4.72. The number of nitrogens with zero attached hydrogens (tertiary/aromatic N) is 3. The van der Waals surface area contributed by atoms with Gasteiger partial charge < -0.3 is 15.4 Å². The summed E-state index contributed by atoms with van der Waals surface area (Å²) >= 11 is 0. The molecule has 8 nitrogen and oxygen atoms in total. The lowest BCUT2D eigenvalue weighted by Gasteiger charge is -2.04. The van der Waals surface area contributed by atoms with Crippen LogP contribution in [0.5, 0.6) is 0 Å². The molecule has 86 valence electrons. The fourth-order valence-electron chi connectivity index (χ4n) is 1.17. The summed E-state index contributed by atoms with van der Waals surface area (Å²) in [6.45, 7) is 0. The molecule has 0 aliphatic rings. The standard InChI is InChI=1S/C8H8BN5O3/c15-8(6-4-11-14-13-6)12-7-3-5(9(16)17)1-2-10-7/h1-4,16-17H,(H,10,12,15)(H,11,13,14). The van der Waals surface area contributed by atoms with Crippen LogP contribution in [0.4, 0.5) is 5.82 Å². The first-order chi connectivity index (χ1) is 8.16. The summed E-state index contributed by atoms with van der Waals surface area (Å²) in [4.78, 5) is 15.4. The summed E-state index contributed by atoms with van der Waals surface area (Å²) in [5.41, 5.74) is 0.345. The summed E-state index contributed by atoms with van der Waals surface area (Å²) in [6, 6.07) is 2.78. The van der Waals surface area contributed by atoms with E-state index >= 15 is 0 Å². The molecule has 0 saturated heterocycles. The Bertz CT molecular complexity index is 516. The number of nitrogens with one attached hydrogen (secondary N) is 2. The van der Waals surface area contributed by atoms with Crippen molar-refractivity contribution in [3.8, 4) is 0 Å². The molecule has 0 unspecified atom stereocenters. The van der Waals surface area contributed by atoms with Crippen molar-refractivity contribution in [3.63, 3.8) is 0 Å². The van der Waals surface area contributed by atoms with E-state index in [-0.39, 0.29) is 17.0 Å². The van der Waals surface area contributed by atoms with Crippen molar-refractivity contribution in [3.05, 3.63) is 30.2 Å². The van der Waals surface area contributed by atoms with Gasteiger partial charge in [-0.15, -0.1) is 0 Å². The highest BCUT2D eigenvalue weighted by atomic mass is 16.4. The van der Waals surface area contributed by atoms with Gasteiger partial charge in [0, 0.05) is 6.20 Å². The molecule has 0 saturated carbocycles. The minimum absolute atomic E-state index is 0.113. The molecule has 0 fully saturated rings. The third-order valence-corrected chi connectivity index (χ3v) is 1.97. The summed E-state index contributed by atoms with van der Waals surface area (Å²) in [5, 5.41) is 29.7. The largest absolute Gasteiger partial charge is 0.488 e. The highest BCUT2D eigenvalue weighted by molar-refractivity contribution is 6.58. The number of carbonyl (C=O) groups excluding carboxylic acids is 1. The highest BCUT2D eigenvalue weighted by Crippen LogP contribution is 2.01. The number of rotatable bonds is 3. The molecule has 1 amide bonds. The molecule has 0 atom stereocenters. The normalized spacial score (nSPS) is 10.0. The Morgan fingerprint density at radius 3 is 2.94 bits per heavy atom. The maximum absolute atomic E-state index is 11.6. The van der Waals surface area contributed by atoms with Gasteiger partial charge in [0.25, 0.3) is 5.91 Å². The third-order valence-electron chi connectivity index (χ3n) is 1.97.